The highest BCUT2D eigenvalue weighted by molar-refractivity contribution is 5.97. The van der Waals surface area contributed by atoms with E-state index in [4.69, 9.17) is 5.73 Å². The number of halogens is 3. The van der Waals surface area contributed by atoms with Gasteiger partial charge in [0.05, 0.1) is 12.1 Å². The van der Waals surface area contributed by atoms with E-state index in [2.05, 4.69) is 20.7 Å². The summed E-state index contributed by atoms with van der Waals surface area (Å²) in [7, 11) is 0. The maximum atomic E-state index is 12.8. The van der Waals surface area contributed by atoms with Crippen LogP contribution in [0.1, 0.15) is 12.0 Å². The van der Waals surface area contributed by atoms with Crippen molar-refractivity contribution in [2.75, 3.05) is 5.32 Å². The second-order valence-corrected chi connectivity index (χ2v) is 8.45. The number of aromatic hydroxyl groups is 1. The van der Waals surface area contributed by atoms with Crippen LogP contribution in [0.4, 0.5) is 23.7 Å². The fraction of sp³-hybridized carbons (Fsp3) is 0.292. The minimum absolute atomic E-state index is 0.0170. The number of hydrogen-bond acceptors (Lipinski definition) is 7. The molecule has 0 fully saturated rings. The van der Waals surface area contributed by atoms with Gasteiger partial charge in [0.15, 0.2) is 0 Å². The number of hydrogen-bond donors (Lipinski definition) is 7. The van der Waals surface area contributed by atoms with E-state index in [9.17, 15) is 42.9 Å². The molecule has 3 rings (SSSR count). The SMILES string of the molecule is NC(=O)[C@H](Cc1ccc(O)cc1)NC(=O)C1=C[C@@H](NC(=O)Nc2ccc(OC(F)(F)F)cc2)[C@@H](O)[C@H](O)C1. The van der Waals surface area contributed by atoms with E-state index in [1.54, 1.807) is 12.1 Å². The van der Waals surface area contributed by atoms with Crippen molar-refractivity contribution in [1.82, 2.24) is 10.6 Å². The second kappa shape index (κ2) is 11.8. The maximum Gasteiger partial charge on any atom is 0.573 e. The minimum atomic E-state index is -4.87. The van der Waals surface area contributed by atoms with Gasteiger partial charge in [-0.25, -0.2) is 4.79 Å². The summed E-state index contributed by atoms with van der Waals surface area (Å²) in [6.07, 6.45) is -6.83. The number of phenolic OH excluding ortho intramolecular Hbond substituents is 1. The van der Waals surface area contributed by atoms with Crippen LogP contribution in [-0.4, -0.2) is 63.8 Å². The van der Waals surface area contributed by atoms with Crippen molar-refractivity contribution >= 4 is 23.5 Å². The fourth-order valence-electron chi connectivity index (χ4n) is 3.66. The molecule has 11 nitrogen and oxygen atoms in total. The first-order chi connectivity index (χ1) is 17.8. The van der Waals surface area contributed by atoms with Gasteiger partial charge in [0.1, 0.15) is 23.6 Å². The van der Waals surface area contributed by atoms with E-state index in [1.165, 1.54) is 18.2 Å². The molecule has 0 unspecified atom stereocenters. The van der Waals surface area contributed by atoms with Crippen LogP contribution in [0.3, 0.4) is 0 Å². The Kier molecular flexibility index (Phi) is 8.80. The van der Waals surface area contributed by atoms with Crippen LogP contribution >= 0.6 is 0 Å². The molecule has 4 atom stereocenters. The minimum Gasteiger partial charge on any atom is -0.508 e. The van der Waals surface area contributed by atoms with Gasteiger partial charge in [-0.05, 0) is 42.0 Å². The second-order valence-electron chi connectivity index (χ2n) is 8.45. The van der Waals surface area contributed by atoms with E-state index in [0.717, 1.165) is 24.3 Å². The predicted octanol–water partition coefficient (Wildman–Crippen LogP) is 1.05. The van der Waals surface area contributed by atoms with Crippen LogP contribution in [0.2, 0.25) is 0 Å². The first-order valence-corrected chi connectivity index (χ1v) is 11.2. The summed E-state index contributed by atoms with van der Waals surface area (Å²) < 4.78 is 40.6. The topological polar surface area (TPSA) is 183 Å². The number of amides is 4. The Bertz CT molecular complexity index is 1190. The van der Waals surface area contributed by atoms with Crippen molar-refractivity contribution in [2.45, 2.75) is 43.5 Å². The van der Waals surface area contributed by atoms with Crippen LogP contribution in [-0.2, 0) is 16.0 Å². The highest BCUT2D eigenvalue weighted by atomic mass is 19.4. The largest absolute Gasteiger partial charge is 0.573 e. The van der Waals surface area contributed by atoms with E-state index in [1.807, 2.05) is 0 Å². The zero-order valence-electron chi connectivity index (χ0n) is 19.6. The Morgan fingerprint density at radius 3 is 2.26 bits per heavy atom. The quantitative estimate of drug-likeness (QED) is 0.262. The Morgan fingerprint density at radius 1 is 1.05 bits per heavy atom. The first-order valence-electron chi connectivity index (χ1n) is 11.2. The molecule has 14 heteroatoms. The molecular weight excluding hydrogens is 513 g/mol. The number of ether oxygens (including phenoxy) is 1. The first kappa shape index (κ1) is 28.3. The highest BCUT2D eigenvalue weighted by Gasteiger charge is 2.35. The number of urea groups is 1. The van der Waals surface area contributed by atoms with Gasteiger partial charge in [-0.1, -0.05) is 18.2 Å². The lowest BCUT2D eigenvalue weighted by molar-refractivity contribution is -0.274. The number of primary amides is 1. The fourth-order valence-corrected chi connectivity index (χ4v) is 3.66. The standard InChI is InChI=1S/C24H25F3N4O7/c25-24(26,27)38-16-7-3-14(4-8-16)29-23(37)31-17-10-13(11-19(33)20(17)34)22(36)30-18(21(28)35)9-12-1-5-15(32)6-2-12/h1-8,10,17-20,32-34H,9,11H2,(H2,28,35)(H,30,36)(H2,29,31,37)/t17-,18+,19-,20-/m1/s1. The molecule has 0 saturated carbocycles. The number of nitrogens with two attached hydrogens (primary N) is 1. The van der Waals surface area contributed by atoms with Crippen LogP contribution < -0.4 is 26.4 Å². The molecule has 0 saturated heterocycles. The zero-order valence-corrected chi connectivity index (χ0v) is 19.6. The molecule has 38 heavy (non-hydrogen) atoms. The van der Waals surface area contributed by atoms with Crippen molar-refractivity contribution in [1.29, 1.82) is 0 Å². The number of aliphatic hydroxyl groups is 2. The van der Waals surface area contributed by atoms with Gasteiger partial charge in [0, 0.05) is 24.1 Å². The molecule has 204 valence electrons. The number of anilines is 1. The summed E-state index contributed by atoms with van der Waals surface area (Å²) >= 11 is 0. The molecule has 8 N–H and O–H groups in total. The third-order valence-corrected chi connectivity index (χ3v) is 5.53. The predicted molar refractivity (Wildman–Crippen MR) is 127 cm³/mol. The summed E-state index contributed by atoms with van der Waals surface area (Å²) in [5.74, 6) is -2.06. The number of rotatable bonds is 8. The Morgan fingerprint density at radius 2 is 1.68 bits per heavy atom. The lowest BCUT2D eigenvalue weighted by atomic mass is 9.90. The number of carbonyl (C=O) groups excluding carboxylic acids is 3. The van der Waals surface area contributed by atoms with Crippen LogP contribution in [0, 0.1) is 0 Å². The van der Waals surface area contributed by atoms with Gasteiger partial charge in [-0.2, -0.15) is 0 Å². The third kappa shape index (κ3) is 8.11. The molecule has 0 aliphatic heterocycles. The summed E-state index contributed by atoms with van der Waals surface area (Å²) in [5, 5.41) is 37.1. The Balaban J connectivity index is 1.65. The average molecular weight is 538 g/mol. The lowest BCUT2D eigenvalue weighted by Crippen LogP contribution is -2.53. The van der Waals surface area contributed by atoms with Gasteiger partial charge in [-0.15, -0.1) is 13.2 Å². The van der Waals surface area contributed by atoms with Crippen LogP contribution in [0.25, 0.3) is 0 Å². The summed E-state index contributed by atoms with van der Waals surface area (Å²) in [6, 6.07) is 6.94. The van der Waals surface area contributed by atoms with Gasteiger partial charge in [0.2, 0.25) is 11.8 Å². The Labute approximate surface area is 214 Å². The molecule has 0 heterocycles. The maximum absolute atomic E-state index is 12.8. The molecule has 2 aromatic rings. The monoisotopic (exact) mass is 538 g/mol. The number of carbonyl (C=O) groups is 3. The van der Waals surface area contributed by atoms with E-state index in [-0.39, 0.29) is 29.9 Å². The molecule has 0 radical (unpaired) electrons. The Hall–Kier alpha value is -4.30. The average Bonchev–Trinajstić information content (AvgIpc) is 2.83. The number of aliphatic hydroxyl groups excluding tert-OH is 2. The number of alkyl halides is 3. The van der Waals surface area contributed by atoms with Gasteiger partial charge < -0.3 is 41.7 Å². The highest BCUT2D eigenvalue weighted by Crippen LogP contribution is 2.24. The van der Waals surface area contributed by atoms with E-state index < -0.39 is 54.2 Å². The van der Waals surface area contributed by atoms with Gasteiger partial charge in [-0.3, -0.25) is 9.59 Å². The van der Waals surface area contributed by atoms with Gasteiger partial charge >= 0.3 is 12.4 Å². The number of benzene rings is 2. The lowest BCUT2D eigenvalue weighted by Gasteiger charge is -2.31. The molecule has 0 aromatic heterocycles. The number of nitrogens with one attached hydrogen (secondary N) is 3. The molecule has 0 bridgehead atoms. The molecular formula is C24H25F3N4O7. The molecule has 1 aliphatic carbocycles. The molecule has 4 amide bonds. The summed E-state index contributed by atoms with van der Waals surface area (Å²) in [6.45, 7) is 0. The normalized spacial score (nSPS) is 20.0. The molecule has 1 aliphatic rings. The van der Waals surface area contributed by atoms with E-state index >= 15 is 0 Å². The molecule has 0 spiro atoms. The summed E-state index contributed by atoms with van der Waals surface area (Å²) in [5.41, 5.74) is 6.08. The van der Waals surface area contributed by atoms with E-state index in [0.29, 0.717) is 5.56 Å². The van der Waals surface area contributed by atoms with Gasteiger partial charge in [0.25, 0.3) is 0 Å². The van der Waals surface area contributed by atoms with Crippen molar-refractivity contribution in [3.8, 4) is 11.5 Å². The van der Waals surface area contributed by atoms with Crippen molar-refractivity contribution in [2.24, 2.45) is 5.73 Å². The van der Waals surface area contributed by atoms with Crippen molar-refractivity contribution < 1.29 is 47.6 Å². The molecule has 2 aromatic carbocycles. The smallest absolute Gasteiger partial charge is 0.508 e. The third-order valence-electron chi connectivity index (χ3n) is 5.53. The summed E-state index contributed by atoms with van der Waals surface area (Å²) in [4.78, 5) is 37.1. The zero-order chi connectivity index (χ0) is 28.0. The van der Waals surface area contributed by atoms with Crippen LogP contribution in [0.5, 0.6) is 11.5 Å². The van der Waals surface area contributed by atoms with Crippen molar-refractivity contribution in [3.05, 3.63) is 65.7 Å². The van der Waals surface area contributed by atoms with Crippen molar-refractivity contribution in [3.63, 3.8) is 0 Å². The number of phenols is 1. The van der Waals surface area contributed by atoms with Crippen LogP contribution in [0.15, 0.2) is 60.2 Å².